The van der Waals surface area contributed by atoms with Crippen molar-refractivity contribution in [1.29, 1.82) is 0 Å². The average Bonchev–Trinajstić information content (AvgIpc) is 3.22. The van der Waals surface area contributed by atoms with Crippen LogP contribution in [0.5, 0.6) is 0 Å². The Labute approximate surface area is 136 Å². The number of fused-ring (bicyclic) bond motifs is 1. The molecule has 1 aromatic carbocycles. The molecule has 120 valence electrons. The Kier molecular flexibility index (Phi) is 3.63. The van der Waals surface area contributed by atoms with Crippen LogP contribution in [-0.4, -0.2) is 32.5 Å². The summed E-state index contributed by atoms with van der Waals surface area (Å²) in [5, 5.41) is 7.15. The van der Waals surface area contributed by atoms with Crippen molar-refractivity contribution < 1.29 is 4.79 Å². The standard InChI is InChI=1S/C18H22N4O/c1-12-19-17(21-20-12)16-7-4-10-22(16)18(23)15-9-8-13-5-2-3-6-14(13)11-15/h8-9,11,16H,2-7,10H2,1H3,(H,19,20,21)/t16-/m1/s1. The van der Waals surface area contributed by atoms with Crippen molar-refractivity contribution in [3.05, 3.63) is 46.5 Å². The summed E-state index contributed by atoms with van der Waals surface area (Å²) < 4.78 is 0. The van der Waals surface area contributed by atoms with Crippen LogP contribution in [0.15, 0.2) is 18.2 Å². The molecule has 1 fully saturated rings. The van der Waals surface area contributed by atoms with Gasteiger partial charge in [0, 0.05) is 12.1 Å². The molecule has 23 heavy (non-hydrogen) atoms. The van der Waals surface area contributed by atoms with Crippen molar-refractivity contribution in [2.24, 2.45) is 0 Å². The zero-order valence-corrected chi connectivity index (χ0v) is 13.5. The van der Waals surface area contributed by atoms with Gasteiger partial charge in [-0.25, -0.2) is 4.98 Å². The number of hydrogen-bond acceptors (Lipinski definition) is 3. The number of rotatable bonds is 2. The predicted molar refractivity (Wildman–Crippen MR) is 87.2 cm³/mol. The fourth-order valence-electron chi connectivity index (χ4n) is 3.82. The molecule has 5 nitrogen and oxygen atoms in total. The topological polar surface area (TPSA) is 61.9 Å². The number of H-pyrrole nitrogens is 1. The van der Waals surface area contributed by atoms with Crippen molar-refractivity contribution in [3.63, 3.8) is 0 Å². The Morgan fingerprint density at radius 2 is 2.04 bits per heavy atom. The number of amides is 1. The maximum absolute atomic E-state index is 13.0. The summed E-state index contributed by atoms with van der Waals surface area (Å²) in [6.45, 7) is 2.68. The lowest BCUT2D eigenvalue weighted by Crippen LogP contribution is -2.31. The number of carbonyl (C=O) groups excluding carboxylic acids is 1. The lowest BCUT2D eigenvalue weighted by Gasteiger charge is -2.24. The highest BCUT2D eigenvalue weighted by Crippen LogP contribution is 2.32. The number of hydrogen-bond donors (Lipinski definition) is 1. The molecule has 1 N–H and O–H groups in total. The van der Waals surface area contributed by atoms with Gasteiger partial charge in [0.2, 0.25) is 0 Å². The first-order valence-electron chi connectivity index (χ1n) is 8.54. The molecule has 1 amide bonds. The molecule has 2 heterocycles. The summed E-state index contributed by atoms with van der Waals surface area (Å²) in [6, 6.07) is 6.24. The summed E-state index contributed by atoms with van der Waals surface area (Å²) in [6.07, 6.45) is 6.68. The van der Waals surface area contributed by atoms with E-state index in [1.165, 1.54) is 24.0 Å². The monoisotopic (exact) mass is 310 g/mol. The molecule has 2 aliphatic rings. The highest BCUT2D eigenvalue weighted by Gasteiger charge is 2.33. The number of nitrogens with one attached hydrogen (secondary N) is 1. The quantitative estimate of drug-likeness (QED) is 0.927. The third-order valence-corrected chi connectivity index (χ3v) is 5.02. The van der Waals surface area contributed by atoms with Crippen LogP contribution in [0.1, 0.15) is 64.9 Å². The second kappa shape index (κ2) is 5.80. The maximum atomic E-state index is 13.0. The second-order valence-corrected chi connectivity index (χ2v) is 6.63. The van der Waals surface area contributed by atoms with Gasteiger partial charge >= 0.3 is 0 Å². The number of carbonyl (C=O) groups is 1. The van der Waals surface area contributed by atoms with Gasteiger partial charge in [0.15, 0.2) is 5.82 Å². The number of aryl methyl sites for hydroxylation is 3. The second-order valence-electron chi connectivity index (χ2n) is 6.63. The molecule has 1 aliphatic heterocycles. The van der Waals surface area contributed by atoms with Crippen LogP contribution in [0.2, 0.25) is 0 Å². The average molecular weight is 310 g/mol. The van der Waals surface area contributed by atoms with Gasteiger partial charge in [-0.15, -0.1) is 0 Å². The largest absolute Gasteiger partial charge is 0.328 e. The van der Waals surface area contributed by atoms with E-state index in [-0.39, 0.29) is 11.9 Å². The van der Waals surface area contributed by atoms with Gasteiger partial charge in [-0.2, -0.15) is 5.10 Å². The fourth-order valence-corrected chi connectivity index (χ4v) is 3.82. The number of likely N-dealkylation sites (tertiary alicyclic amines) is 1. The van der Waals surface area contributed by atoms with Crippen LogP contribution in [-0.2, 0) is 12.8 Å². The normalized spacial score (nSPS) is 20.6. The first-order chi connectivity index (χ1) is 11.2. The van der Waals surface area contributed by atoms with E-state index in [4.69, 9.17) is 0 Å². The molecule has 0 unspecified atom stereocenters. The first-order valence-corrected chi connectivity index (χ1v) is 8.54. The van der Waals surface area contributed by atoms with Crippen molar-refractivity contribution in [2.75, 3.05) is 6.54 Å². The zero-order chi connectivity index (χ0) is 15.8. The Bertz CT molecular complexity index is 736. The van der Waals surface area contributed by atoms with Crippen LogP contribution in [0.3, 0.4) is 0 Å². The van der Waals surface area contributed by atoms with E-state index in [0.717, 1.165) is 49.4 Å². The summed E-state index contributed by atoms with van der Waals surface area (Å²) in [5.74, 6) is 1.66. The summed E-state index contributed by atoms with van der Waals surface area (Å²) in [7, 11) is 0. The zero-order valence-electron chi connectivity index (χ0n) is 13.5. The summed E-state index contributed by atoms with van der Waals surface area (Å²) in [4.78, 5) is 19.3. The molecule has 0 bridgehead atoms. The van der Waals surface area contributed by atoms with Crippen molar-refractivity contribution in [3.8, 4) is 0 Å². The molecule has 0 saturated carbocycles. The lowest BCUT2D eigenvalue weighted by atomic mass is 9.90. The number of benzene rings is 1. The van der Waals surface area contributed by atoms with Gasteiger partial charge in [0.05, 0.1) is 6.04 Å². The molecule has 1 atom stereocenters. The van der Waals surface area contributed by atoms with Crippen LogP contribution < -0.4 is 0 Å². The molecule has 1 aromatic heterocycles. The Balaban J connectivity index is 1.60. The van der Waals surface area contributed by atoms with E-state index in [2.05, 4.69) is 27.3 Å². The van der Waals surface area contributed by atoms with Gasteiger partial charge in [0.25, 0.3) is 5.91 Å². The molecule has 1 aliphatic carbocycles. The Morgan fingerprint density at radius 1 is 1.22 bits per heavy atom. The van der Waals surface area contributed by atoms with Gasteiger partial charge in [-0.05, 0) is 68.7 Å². The molecule has 0 radical (unpaired) electrons. The summed E-state index contributed by atoms with van der Waals surface area (Å²) in [5.41, 5.74) is 3.58. The molecule has 4 rings (SSSR count). The van der Waals surface area contributed by atoms with Gasteiger partial charge in [-0.1, -0.05) is 6.07 Å². The fraction of sp³-hybridized carbons (Fsp3) is 0.500. The van der Waals surface area contributed by atoms with E-state index in [9.17, 15) is 4.79 Å². The van der Waals surface area contributed by atoms with Gasteiger partial charge < -0.3 is 4.90 Å². The first kappa shape index (κ1) is 14.4. The van der Waals surface area contributed by atoms with Crippen LogP contribution in [0.4, 0.5) is 0 Å². The van der Waals surface area contributed by atoms with E-state index in [1.807, 2.05) is 17.9 Å². The van der Waals surface area contributed by atoms with E-state index < -0.39 is 0 Å². The van der Waals surface area contributed by atoms with Crippen LogP contribution in [0.25, 0.3) is 0 Å². The van der Waals surface area contributed by atoms with Crippen LogP contribution >= 0.6 is 0 Å². The van der Waals surface area contributed by atoms with E-state index >= 15 is 0 Å². The molecule has 2 aromatic rings. The van der Waals surface area contributed by atoms with Crippen molar-refractivity contribution in [1.82, 2.24) is 20.1 Å². The minimum Gasteiger partial charge on any atom is -0.328 e. The van der Waals surface area contributed by atoms with Gasteiger partial charge in [0.1, 0.15) is 5.82 Å². The highest BCUT2D eigenvalue weighted by molar-refractivity contribution is 5.95. The minimum atomic E-state index is 0.00322. The molecular weight excluding hydrogens is 288 g/mol. The SMILES string of the molecule is Cc1nc([C@H]2CCCN2C(=O)c2ccc3c(c2)CCCC3)n[nH]1. The van der Waals surface area contributed by atoms with E-state index in [0.29, 0.717) is 0 Å². The van der Waals surface area contributed by atoms with Gasteiger partial charge in [-0.3, -0.25) is 9.89 Å². The van der Waals surface area contributed by atoms with E-state index in [1.54, 1.807) is 0 Å². The summed E-state index contributed by atoms with van der Waals surface area (Å²) >= 11 is 0. The minimum absolute atomic E-state index is 0.00322. The maximum Gasteiger partial charge on any atom is 0.254 e. The molecule has 5 heteroatoms. The Hall–Kier alpha value is -2.17. The number of aromatic nitrogens is 3. The Morgan fingerprint density at radius 3 is 2.83 bits per heavy atom. The third-order valence-electron chi connectivity index (χ3n) is 5.02. The lowest BCUT2D eigenvalue weighted by molar-refractivity contribution is 0.0730. The predicted octanol–water partition coefficient (Wildman–Crippen LogP) is 2.97. The molecule has 0 spiro atoms. The molecule has 1 saturated heterocycles. The smallest absolute Gasteiger partial charge is 0.254 e. The molecular formula is C18H22N4O. The highest BCUT2D eigenvalue weighted by atomic mass is 16.2. The van der Waals surface area contributed by atoms with Crippen molar-refractivity contribution >= 4 is 5.91 Å². The van der Waals surface area contributed by atoms with Crippen LogP contribution in [0, 0.1) is 6.92 Å². The number of aromatic amines is 1. The third kappa shape index (κ3) is 2.64. The number of nitrogens with zero attached hydrogens (tertiary/aromatic N) is 3. The van der Waals surface area contributed by atoms with Crippen molar-refractivity contribution in [2.45, 2.75) is 51.5 Å².